The summed E-state index contributed by atoms with van der Waals surface area (Å²) in [5.74, 6) is -0.574. The van der Waals surface area contributed by atoms with Gasteiger partial charge in [0.05, 0.1) is 6.20 Å². The zero-order valence-corrected chi connectivity index (χ0v) is 9.23. The first-order valence-corrected chi connectivity index (χ1v) is 4.72. The smallest absolute Gasteiger partial charge is 0.220 e. The summed E-state index contributed by atoms with van der Waals surface area (Å²) in [4.78, 5) is 7.33. The van der Waals surface area contributed by atoms with E-state index in [-0.39, 0.29) is 11.6 Å². The van der Waals surface area contributed by atoms with Crippen LogP contribution in [0.4, 0.5) is 10.3 Å². The highest BCUT2D eigenvalue weighted by Gasteiger charge is 2.17. The van der Waals surface area contributed by atoms with E-state index in [2.05, 4.69) is 36.2 Å². The molecule has 15 heavy (non-hydrogen) atoms. The molecular weight excluding hydrogens is 267 g/mol. The van der Waals surface area contributed by atoms with Crippen LogP contribution in [-0.4, -0.2) is 25.0 Å². The number of nitrogen functional groups attached to an aromatic ring is 1. The summed E-state index contributed by atoms with van der Waals surface area (Å²) in [6.07, 6.45) is 1.01. The van der Waals surface area contributed by atoms with E-state index in [9.17, 15) is 4.39 Å². The van der Waals surface area contributed by atoms with Gasteiger partial charge in [-0.25, -0.2) is 19.0 Å². The van der Waals surface area contributed by atoms with Crippen LogP contribution in [0.25, 0.3) is 11.4 Å². The van der Waals surface area contributed by atoms with Gasteiger partial charge in [-0.15, -0.1) is 5.10 Å². The largest absolute Gasteiger partial charge is 0.368 e. The summed E-state index contributed by atoms with van der Waals surface area (Å²) < 4.78 is 15.2. The summed E-state index contributed by atoms with van der Waals surface area (Å²) in [5, 5.41) is 7.44. The van der Waals surface area contributed by atoms with E-state index in [4.69, 9.17) is 5.73 Å². The minimum Gasteiger partial charge on any atom is -0.368 e. The number of hydrogen-bond donors (Lipinski definition) is 1. The molecule has 0 aliphatic rings. The highest BCUT2D eigenvalue weighted by molar-refractivity contribution is 9.10. The van der Waals surface area contributed by atoms with Gasteiger partial charge in [0.15, 0.2) is 10.4 Å². The van der Waals surface area contributed by atoms with Crippen LogP contribution in [0.1, 0.15) is 0 Å². The molecule has 0 unspecified atom stereocenters. The fourth-order valence-electron chi connectivity index (χ4n) is 1.13. The maximum atomic E-state index is 13.4. The van der Waals surface area contributed by atoms with Gasteiger partial charge in [0.25, 0.3) is 0 Å². The molecule has 78 valence electrons. The second-order valence-electron chi connectivity index (χ2n) is 2.78. The van der Waals surface area contributed by atoms with Crippen molar-refractivity contribution in [2.24, 2.45) is 7.05 Å². The minimum atomic E-state index is -0.574. The van der Waals surface area contributed by atoms with Crippen LogP contribution in [0.3, 0.4) is 0 Å². The molecule has 6 nitrogen and oxygen atoms in total. The summed E-state index contributed by atoms with van der Waals surface area (Å²) in [6, 6.07) is 0. The Morgan fingerprint density at radius 2 is 2.27 bits per heavy atom. The monoisotopic (exact) mass is 272 g/mol. The number of nitrogens with two attached hydrogens (primary N) is 1. The standard InChI is InChI=1S/C7H6BrFN6/c1-15-5(6(8)13-14-15)4-3(9)2-11-7(10)12-4/h2H,1H3,(H2,10,11,12). The zero-order chi connectivity index (χ0) is 11.0. The summed E-state index contributed by atoms with van der Waals surface area (Å²) >= 11 is 3.15. The van der Waals surface area contributed by atoms with Crippen LogP contribution in [0.5, 0.6) is 0 Å². The van der Waals surface area contributed by atoms with Crippen molar-refractivity contribution >= 4 is 21.9 Å². The van der Waals surface area contributed by atoms with Gasteiger partial charge in [0, 0.05) is 7.05 Å². The summed E-state index contributed by atoms with van der Waals surface area (Å²) in [7, 11) is 1.63. The molecule has 0 spiro atoms. The van der Waals surface area contributed by atoms with E-state index in [0.29, 0.717) is 10.3 Å². The van der Waals surface area contributed by atoms with E-state index in [1.807, 2.05) is 0 Å². The molecule has 2 aromatic heterocycles. The molecule has 0 amide bonds. The van der Waals surface area contributed by atoms with Crippen molar-refractivity contribution in [3.63, 3.8) is 0 Å². The molecule has 2 aromatic rings. The van der Waals surface area contributed by atoms with Gasteiger partial charge in [0.1, 0.15) is 11.4 Å². The topological polar surface area (TPSA) is 82.5 Å². The average Bonchev–Trinajstić information content (AvgIpc) is 2.51. The van der Waals surface area contributed by atoms with E-state index in [0.717, 1.165) is 6.20 Å². The number of nitrogens with zero attached hydrogens (tertiary/aromatic N) is 5. The van der Waals surface area contributed by atoms with Gasteiger partial charge in [-0.05, 0) is 15.9 Å². The van der Waals surface area contributed by atoms with Crippen molar-refractivity contribution < 1.29 is 4.39 Å². The van der Waals surface area contributed by atoms with Crippen LogP contribution < -0.4 is 5.73 Å². The van der Waals surface area contributed by atoms with E-state index in [1.165, 1.54) is 4.68 Å². The van der Waals surface area contributed by atoms with Crippen LogP contribution >= 0.6 is 15.9 Å². The Morgan fingerprint density at radius 1 is 1.53 bits per heavy atom. The van der Waals surface area contributed by atoms with Crippen molar-refractivity contribution in [3.8, 4) is 11.4 Å². The van der Waals surface area contributed by atoms with Gasteiger partial charge in [-0.2, -0.15) is 0 Å². The van der Waals surface area contributed by atoms with E-state index >= 15 is 0 Å². The van der Waals surface area contributed by atoms with Gasteiger partial charge >= 0.3 is 0 Å². The first kappa shape index (κ1) is 9.97. The molecule has 0 aliphatic heterocycles. The third-order valence-electron chi connectivity index (χ3n) is 1.77. The lowest BCUT2D eigenvalue weighted by Crippen LogP contribution is -2.02. The molecule has 0 radical (unpaired) electrons. The third kappa shape index (κ3) is 1.67. The SMILES string of the molecule is Cn1nnc(Br)c1-c1nc(N)ncc1F. The lowest BCUT2D eigenvalue weighted by Gasteiger charge is -2.02. The minimum absolute atomic E-state index is 0.000463. The van der Waals surface area contributed by atoms with E-state index < -0.39 is 5.82 Å². The predicted molar refractivity (Wildman–Crippen MR) is 54.1 cm³/mol. The van der Waals surface area contributed by atoms with Crippen molar-refractivity contribution in [2.75, 3.05) is 5.73 Å². The lowest BCUT2D eigenvalue weighted by atomic mass is 10.3. The molecule has 8 heteroatoms. The van der Waals surface area contributed by atoms with Crippen molar-refractivity contribution in [3.05, 3.63) is 16.6 Å². The summed E-state index contributed by atoms with van der Waals surface area (Å²) in [5.41, 5.74) is 5.87. The van der Waals surface area contributed by atoms with Crippen LogP contribution in [0, 0.1) is 5.82 Å². The maximum absolute atomic E-state index is 13.4. The van der Waals surface area contributed by atoms with Gasteiger partial charge in [-0.1, -0.05) is 5.21 Å². The Hall–Kier alpha value is -1.57. The number of anilines is 1. The molecule has 0 bridgehead atoms. The second kappa shape index (κ2) is 3.54. The second-order valence-corrected chi connectivity index (χ2v) is 3.53. The van der Waals surface area contributed by atoms with Crippen molar-refractivity contribution in [1.29, 1.82) is 0 Å². The molecule has 2 heterocycles. The molecule has 0 aliphatic carbocycles. The Kier molecular flexibility index (Phi) is 2.35. The third-order valence-corrected chi connectivity index (χ3v) is 2.31. The molecule has 2 rings (SSSR count). The maximum Gasteiger partial charge on any atom is 0.220 e. The molecule has 0 fully saturated rings. The molecular formula is C7H6BrFN6. The van der Waals surface area contributed by atoms with Gasteiger partial charge < -0.3 is 5.73 Å². The number of hydrogen-bond acceptors (Lipinski definition) is 5. The highest BCUT2D eigenvalue weighted by atomic mass is 79.9. The number of aromatic nitrogens is 5. The molecule has 0 aromatic carbocycles. The molecule has 0 saturated heterocycles. The quantitative estimate of drug-likeness (QED) is 0.829. The fraction of sp³-hybridized carbons (Fsp3) is 0.143. The Labute approximate surface area is 92.5 Å². The number of halogens is 2. The molecule has 0 saturated carbocycles. The Morgan fingerprint density at radius 3 is 2.87 bits per heavy atom. The van der Waals surface area contributed by atoms with Gasteiger partial charge in [-0.3, -0.25) is 0 Å². The zero-order valence-electron chi connectivity index (χ0n) is 7.65. The predicted octanol–water partition coefficient (Wildman–Crippen LogP) is 0.756. The first-order chi connectivity index (χ1) is 7.09. The number of rotatable bonds is 1. The first-order valence-electron chi connectivity index (χ1n) is 3.93. The summed E-state index contributed by atoms with van der Waals surface area (Å²) in [6.45, 7) is 0. The Balaban J connectivity index is 2.68. The average molecular weight is 273 g/mol. The van der Waals surface area contributed by atoms with Crippen LogP contribution in [-0.2, 0) is 7.05 Å². The fourth-order valence-corrected chi connectivity index (χ4v) is 1.65. The highest BCUT2D eigenvalue weighted by Crippen LogP contribution is 2.25. The molecule has 2 N–H and O–H groups in total. The lowest BCUT2D eigenvalue weighted by molar-refractivity contribution is 0.614. The van der Waals surface area contributed by atoms with Crippen LogP contribution in [0.2, 0.25) is 0 Å². The van der Waals surface area contributed by atoms with Crippen molar-refractivity contribution in [2.45, 2.75) is 0 Å². The van der Waals surface area contributed by atoms with Gasteiger partial charge in [0.2, 0.25) is 5.95 Å². The Bertz CT molecular complexity index is 491. The van der Waals surface area contributed by atoms with E-state index in [1.54, 1.807) is 7.05 Å². The van der Waals surface area contributed by atoms with Crippen molar-refractivity contribution in [1.82, 2.24) is 25.0 Å². The number of aryl methyl sites for hydroxylation is 1. The van der Waals surface area contributed by atoms with Crippen LogP contribution in [0.15, 0.2) is 10.8 Å². The normalized spacial score (nSPS) is 10.6. The molecule has 0 atom stereocenters.